The van der Waals surface area contributed by atoms with Gasteiger partial charge in [0.1, 0.15) is 17.2 Å². The van der Waals surface area contributed by atoms with Crippen molar-refractivity contribution in [3.05, 3.63) is 125 Å². The number of para-hydroxylation sites is 1. The Morgan fingerprint density at radius 1 is 0.881 bits per heavy atom. The number of ketones is 2. The highest BCUT2D eigenvalue weighted by molar-refractivity contribution is 6.16. The SMILES string of the molecule is COc1ccc(C(=O)[C@@H]2[C@H](C(=O)c3ccccn3)N3C=Cc4ccccc4[C@@H]3[C@@]23C(=O)Nc2ccccc23)cc1OC. The molecule has 8 heteroatoms. The van der Waals surface area contributed by atoms with E-state index in [1.807, 2.05) is 65.7 Å². The Labute approximate surface area is 242 Å². The first-order chi connectivity index (χ1) is 20.5. The van der Waals surface area contributed by atoms with E-state index in [1.165, 1.54) is 14.2 Å². The lowest BCUT2D eigenvalue weighted by Crippen LogP contribution is -2.49. The third-order valence-electron chi connectivity index (χ3n) is 8.71. The molecular weight excluding hydrogens is 530 g/mol. The summed E-state index contributed by atoms with van der Waals surface area (Å²) in [6, 6.07) is 23.6. The molecule has 1 fully saturated rings. The van der Waals surface area contributed by atoms with Crippen LogP contribution in [0.5, 0.6) is 11.5 Å². The van der Waals surface area contributed by atoms with E-state index in [-0.39, 0.29) is 23.2 Å². The average molecular weight is 558 g/mol. The first-order valence-corrected chi connectivity index (χ1v) is 13.7. The fraction of sp³-hybridized carbons (Fsp3) is 0.176. The summed E-state index contributed by atoms with van der Waals surface area (Å²) in [5, 5.41) is 3.06. The van der Waals surface area contributed by atoms with Crippen molar-refractivity contribution in [1.82, 2.24) is 9.88 Å². The summed E-state index contributed by atoms with van der Waals surface area (Å²) in [7, 11) is 3.02. The van der Waals surface area contributed by atoms with Crippen LogP contribution in [0.15, 0.2) is 97.3 Å². The molecule has 1 saturated heterocycles. The molecule has 3 aromatic carbocycles. The summed E-state index contributed by atoms with van der Waals surface area (Å²) >= 11 is 0. The zero-order valence-electron chi connectivity index (χ0n) is 23.0. The van der Waals surface area contributed by atoms with E-state index in [9.17, 15) is 14.4 Å². The highest BCUT2D eigenvalue weighted by Crippen LogP contribution is 2.62. The normalized spacial score (nSPS) is 23.1. The number of rotatable bonds is 6. The van der Waals surface area contributed by atoms with Crippen molar-refractivity contribution >= 4 is 29.2 Å². The van der Waals surface area contributed by atoms with Crippen molar-refractivity contribution in [3.8, 4) is 11.5 Å². The molecule has 1 aromatic heterocycles. The number of carbonyl (C=O) groups excluding carboxylic acids is 3. The van der Waals surface area contributed by atoms with Gasteiger partial charge in [0.05, 0.1) is 26.2 Å². The summed E-state index contributed by atoms with van der Waals surface area (Å²) in [5.41, 5.74) is 2.23. The van der Waals surface area contributed by atoms with Crippen LogP contribution in [-0.4, -0.2) is 47.6 Å². The van der Waals surface area contributed by atoms with E-state index in [4.69, 9.17) is 9.47 Å². The maximum atomic E-state index is 14.9. The molecule has 1 amide bonds. The highest BCUT2D eigenvalue weighted by atomic mass is 16.5. The van der Waals surface area contributed by atoms with Crippen LogP contribution in [-0.2, 0) is 10.2 Å². The molecular formula is C34H27N3O5. The second-order valence-corrected chi connectivity index (χ2v) is 10.6. The molecule has 8 nitrogen and oxygen atoms in total. The largest absolute Gasteiger partial charge is 0.493 e. The smallest absolute Gasteiger partial charge is 0.238 e. The van der Waals surface area contributed by atoms with Crippen molar-refractivity contribution in [2.24, 2.45) is 5.92 Å². The summed E-state index contributed by atoms with van der Waals surface area (Å²) in [6.45, 7) is 0. The number of carbonyl (C=O) groups is 3. The number of pyridine rings is 1. The van der Waals surface area contributed by atoms with Gasteiger partial charge in [-0.15, -0.1) is 0 Å². The quantitative estimate of drug-likeness (QED) is 0.330. The van der Waals surface area contributed by atoms with E-state index in [2.05, 4.69) is 10.3 Å². The van der Waals surface area contributed by atoms with Gasteiger partial charge in [-0.05, 0) is 59.2 Å². The summed E-state index contributed by atoms with van der Waals surface area (Å²) in [4.78, 5) is 50.2. The predicted molar refractivity (Wildman–Crippen MR) is 157 cm³/mol. The number of methoxy groups -OCH3 is 2. The van der Waals surface area contributed by atoms with E-state index in [0.717, 1.165) is 11.1 Å². The number of benzene rings is 3. The summed E-state index contributed by atoms with van der Waals surface area (Å²) in [5.74, 6) is -1.26. The average Bonchev–Trinajstić information content (AvgIpc) is 3.52. The monoisotopic (exact) mass is 557 g/mol. The maximum absolute atomic E-state index is 14.9. The van der Waals surface area contributed by atoms with E-state index in [0.29, 0.717) is 28.3 Å². The molecule has 4 atom stereocenters. The minimum absolute atomic E-state index is 0.224. The number of hydrogen-bond donors (Lipinski definition) is 1. The van der Waals surface area contributed by atoms with Gasteiger partial charge in [-0.25, -0.2) is 0 Å². The van der Waals surface area contributed by atoms with Crippen molar-refractivity contribution in [3.63, 3.8) is 0 Å². The number of aromatic nitrogens is 1. The van der Waals surface area contributed by atoms with Gasteiger partial charge in [-0.1, -0.05) is 48.5 Å². The highest BCUT2D eigenvalue weighted by Gasteiger charge is 2.70. The first kappa shape index (κ1) is 25.7. The Kier molecular flexibility index (Phi) is 5.93. The van der Waals surface area contributed by atoms with E-state index in [1.54, 1.807) is 42.6 Å². The summed E-state index contributed by atoms with van der Waals surface area (Å²) in [6.07, 6.45) is 5.33. The van der Waals surface area contributed by atoms with Crippen molar-refractivity contribution in [2.75, 3.05) is 19.5 Å². The summed E-state index contributed by atoms with van der Waals surface area (Å²) < 4.78 is 10.9. The van der Waals surface area contributed by atoms with Crippen LogP contribution < -0.4 is 14.8 Å². The van der Waals surface area contributed by atoms with Gasteiger partial charge >= 0.3 is 0 Å². The molecule has 1 spiro atoms. The van der Waals surface area contributed by atoms with Crippen LogP contribution in [0.2, 0.25) is 0 Å². The molecule has 4 heterocycles. The molecule has 42 heavy (non-hydrogen) atoms. The minimum atomic E-state index is -1.42. The van der Waals surface area contributed by atoms with Crippen LogP contribution in [0.4, 0.5) is 5.69 Å². The van der Waals surface area contributed by atoms with Gasteiger partial charge in [-0.2, -0.15) is 0 Å². The van der Waals surface area contributed by atoms with Crippen molar-refractivity contribution in [2.45, 2.75) is 17.5 Å². The van der Waals surface area contributed by atoms with Gasteiger partial charge in [0, 0.05) is 23.6 Å². The second kappa shape index (κ2) is 9.69. The number of nitrogens with one attached hydrogen (secondary N) is 1. The zero-order valence-corrected chi connectivity index (χ0v) is 23.0. The predicted octanol–water partition coefficient (Wildman–Crippen LogP) is 5.08. The van der Waals surface area contributed by atoms with Crippen molar-refractivity contribution < 1.29 is 23.9 Å². The van der Waals surface area contributed by atoms with Crippen LogP contribution >= 0.6 is 0 Å². The Morgan fingerprint density at radius 2 is 1.64 bits per heavy atom. The molecule has 3 aliphatic heterocycles. The maximum Gasteiger partial charge on any atom is 0.238 e. The molecule has 1 N–H and O–H groups in total. The van der Waals surface area contributed by atoms with Crippen LogP contribution in [0.3, 0.4) is 0 Å². The molecule has 7 rings (SSSR count). The van der Waals surface area contributed by atoms with Crippen LogP contribution in [0.25, 0.3) is 6.08 Å². The van der Waals surface area contributed by atoms with Gasteiger partial charge in [-0.3, -0.25) is 19.4 Å². The number of amides is 1. The molecule has 0 unspecified atom stereocenters. The molecule has 0 bridgehead atoms. The minimum Gasteiger partial charge on any atom is -0.493 e. The van der Waals surface area contributed by atoms with E-state index < -0.39 is 23.4 Å². The third kappa shape index (κ3) is 3.48. The number of Topliss-reactive ketones (excluding diaryl/α,β-unsaturated/α-hetero) is 2. The van der Waals surface area contributed by atoms with Gasteiger partial charge in [0.2, 0.25) is 11.7 Å². The van der Waals surface area contributed by atoms with Gasteiger partial charge in [0.15, 0.2) is 17.3 Å². The Bertz CT molecular complexity index is 1790. The standard InChI is InChI=1S/C34H27N3O5/c1-41-26-15-14-21(19-27(26)42-2)30(38)28-29(31(39)25-13-7-8-17-35-25)37-18-16-20-9-3-4-10-22(20)32(37)34(28)23-11-5-6-12-24(23)36-33(34)40/h3-19,28-29,32H,1-2H3,(H,36,40)/t28-,29+,32+,34-/m0/s1. The number of nitrogens with zero attached hydrogens (tertiary/aromatic N) is 2. The topological polar surface area (TPSA) is 97.8 Å². The first-order valence-electron chi connectivity index (χ1n) is 13.7. The fourth-order valence-electron chi connectivity index (χ4n) is 7.00. The molecule has 0 saturated carbocycles. The number of fused-ring (bicyclic) bond motifs is 6. The third-order valence-corrected chi connectivity index (χ3v) is 8.71. The number of hydrogen-bond acceptors (Lipinski definition) is 7. The van der Waals surface area contributed by atoms with Crippen molar-refractivity contribution in [1.29, 1.82) is 0 Å². The Morgan fingerprint density at radius 3 is 2.43 bits per heavy atom. The van der Waals surface area contributed by atoms with Gasteiger partial charge in [0.25, 0.3) is 0 Å². The lowest BCUT2D eigenvalue weighted by atomic mass is 9.62. The van der Waals surface area contributed by atoms with Crippen LogP contribution in [0, 0.1) is 5.92 Å². The number of ether oxygens (including phenoxy) is 2. The number of anilines is 1. The van der Waals surface area contributed by atoms with Crippen LogP contribution in [0.1, 0.15) is 43.6 Å². The molecule has 0 aliphatic carbocycles. The Balaban J connectivity index is 1.53. The lowest BCUT2D eigenvalue weighted by molar-refractivity contribution is -0.122. The Hall–Kier alpha value is -5.24. The molecule has 4 aromatic rings. The molecule has 0 radical (unpaired) electrons. The fourth-order valence-corrected chi connectivity index (χ4v) is 7.00. The zero-order chi connectivity index (χ0) is 29.0. The molecule has 208 valence electrons. The van der Waals surface area contributed by atoms with E-state index >= 15 is 0 Å². The molecule has 3 aliphatic rings. The van der Waals surface area contributed by atoms with Gasteiger partial charge < -0.3 is 19.7 Å². The lowest BCUT2D eigenvalue weighted by Gasteiger charge is -2.38. The second-order valence-electron chi connectivity index (χ2n) is 10.6.